The lowest BCUT2D eigenvalue weighted by Crippen LogP contribution is -2.33. The van der Waals surface area contributed by atoms with Crippen LogP contribution in [0.1, 0.15) is 43.2 Å². The maximum Gasteiger partial charge on any atom is 0.223 e. The van der Waals surface area contributed by atoms with Crippen molar-refractivity contribution in [3.05, 3.63) is 35.4 Å². The minimum Gasteiger partial charge on any atom is -0.381 e. The van der Waals surface area contributed by atoms with Gasteiger partial charge in [-0.25, -0.2) is 0 Å². The third-order valence-electron chi connectivity index (χ3n) is 4.94. The Labute approximate surface area is 139 Å². The number of rotatable bonds is 5. The number of hydrogen-bond acceptors (Lipinski definition) is 3. The summed E-state index contributed by atoms with van der Waals surface area (Å²) in [7, 11) is 0. The molecule has 0 saturated carbocycles. The van der Waals surface area contributed by atoms with E-state index >= 15 is 0 Å². The number of benzene rings is 1. The molecule has 2 heterocycles. The highest BCUT2D eigenvalue weighted by molar-refractivity contribution is 5.78. The predicted octanol–water partition coefficient (Wildman–Crippen LogP) is 2.72. The Morgan fingerprint density at radius 3 is 2.39 bits per heavy atom. The second-order valence-electron chi connectivity index (χ2n) is 6.76. The van der Waals surface area contributed by atoms with Crippen LogP contribution in [-0.2, 0) is 22.6 Å². The Bertz CT molecular complexity index is 489. The molecular weight excluding hydrogens is 288 g/mol. The molecule has 0 spiro atoms. The first kappa shape index (κ1) is 16.5. The van der Waals surface area contributed by atoms with Gasteiger partial charge in [0, 0.05) is 32.2 Å². The molecular formula is C19H28N2O2. The molecule has 0 atom stereocenters. The summed E-state index contributed by atoms with van der Waals surface area (Å²) in [5.41, 5.74) is 2.54. The third kappa shape index (κ3) is 5.05. The Morgan fingerprint density at radius 1 is 1.04 bits per heavy atom. The minimum atomic E-state index is 0.127. The summed E-state index contributed by atoms with van der Waals surface area (Å²) in [5.74, 6) is 0.299. The molecule has 1 aromatic carbocycles. The van der Waals surface area contributed by atoms with Gasteiger partial charge in [-0.2, -0.15) is 0 Å². The number of piperidine rings is 1. The topological polar surface area (TPSA) is 41.6 Å². The molecule has 1 amide bonds. The van der Waals surface area contributed by atoms with Crippen LogP contribution < -0.4 is 5.32 Å². The largest absolute Gasteiger partial charge is 0.381 e. The summed E-state index contributed by atoms with van der Waals surface area (Å²) in [4.78, 5) is 14.7. The molecule has 0 bridgehead atoms. The average molecular weight is 316 g/mol. The second kappa shape index (κ2) is 8.46. The number of likely N-dealkylation sites (tertiary alicyclic amines) is 1. The predicted molar refractivity (Wildman–Crippen MR) is 91.0 cm³/mol. The van der Waals surface area contributed by atoms with Crippen LogP contribution in [0.5, 0.6) is 0 Å². The lowest BCUT2D eigenvalue weighted by molar-refractivity contribution is -0.128. The van der Waals surface area contributed by atoms with E-state index in [-0.39, 0.29) is 11.8 Å². The van der Waals surface area contributed by atoms with E-state index in [2.05, 4.69) is 34.5 Å². The molecule has 2 fully saturated rings. The highest BCUT2D eigenvalue weighted by atomic mass is 16.5. The minimum absolute atomic E-state index is 0.127. The highest BCUT2D eigenvalue weighted by Crippen LogP contribution is 2.16. The van der Waals surface area contributed by atoms with Crippen molar-refractivity contribution >= 4 is 5.91 Å². The monoisotopic (exact) mass is 316 g/mol. The van der Waals surface area contributed by atoms with Gasteiger partial charge in [-0.1, -0.05) is 30.7 Å². The first-order chi connectivity index (χ1) is 11.3. The van der Waals surface area contributed by atoms with Gasteiger partial charge >= 0.3 is 0 Å². The maximum absolute atomic E-state index is 12.1. The van der Waals surface area contributed by atoms with Gasteiger partial charge in [0.25, 0.3) is 0 Å². The zero-order valence-electron chi connectivity index (χ0n) is 13.9. The molecule has 2 aliphatic heterocycles. The zero-order valence-corrected chi connectivity index (χ0v) is 13.9. The zero-order chi connectivity index (χ0) is 15.9. The molecule has 4 nitrogen and oxygen atoms in total. The lowest BCUT2D eigenvalue weighted by Gasteiger charge is -2.26. The first-order valence-electron chi connectivity index (χ1n) is 8.97. The van der Waals surface area contributed by atoms with Gasteiger partial charge in [-0.05, 0) is 49.9 Å². The van der Waals surface area contributed by atoms with Gasteiger partial charge in [0.2, 0.25) is 5.91 Å². The summed E-state index contributed by atoms with van der Waals surface area (Å²) >= 11 is 0. The van der Waals surface area contributed by atoms with Crippen LogP contribution in [0, 0.1) is 5.92 Å². The summed E-state index contributed by atoms with van der Waals surface area (Å²) in [6.07, 6.45) is 5.73. The molecule has 0 radical (unpaired) electrons. The standard InChI is InChI=1S/C19H28N2O2/c22-19(18-8-12-23-13-9-18)20-14-16-4-6-17(7-5-16)15-21-10-2-1-3-11-21/h4-7,18H,1-3,8-15H2,(H,20,22). The molecule has 126 valence electrons. The van der Waals surface area contributed by atoms with Crippen molar-refractivity contribution in [2.75, 3.05) is 26.3 Å². The van der Waals surface area contributed by atoms with Gasteiger partial charge in [0.05, 0.1) is 0 Å². The van der Waals surface area contributed by atoms with E-state index in [4.69, 9.17) is 4.74 Å². The van der Waals surface area contributed by atoms with Crippen molar-refractivity contribution in [1.29, 1.82) is 0 Å². The number of carbonyl (C=O) groups is 1. The number of nitrogens with one attached hydrogen (secondary N) is 1. The Morgan fingerprint density at radius 2 is 1.70 bits per heavy atom. The first-order valence-corrected chi connectivity index (χ1v) is 8.97. The van der Waals surface area contributed by atoms with E-state index in [1.54, 1.807) is 0 Å². The number of ether oxygens (including phenoxy) is 1. The molecule has 23 heavy (non-hydrogen) atoms. The summed E-state index contributed by atoms with van der Waals surface area (Å²) in [6.45, 7) is 5.55. The van der Waals surface area contributed by atoms with E-state index < -0.39 is 0 Å². The molecule has 0 aliphatic carbocycles. The Balaban J connectivity index is 1.44. The highest BCUT2D eigenvalue weighted by Gasteiger charge is 2.21. The number of carbonyl (C=O) groups excluding carboxylic acids is 1. The van der Waals surface area contributed by atoms with Gasteiger partial charge < -0.3 is 10.1 Å². The van der Waals surface area contributed by atoms with Crippen molar-refractivity contribution < 1.29 is 9.53 Å². The summed E-state index contributed by atoms with van der Waals surface area (Å²) in [5, 5.41) is 3.06. The van der Waals surface area contributed by atoms with Crippen LogP contribution >= 0.6 is 0 Å². The fourth-order valence-electron chi connectivity index (χ4n) is 3.43. The third-order valence-corrected chi connectivity index (χ3v) is 4.94. The van der Waals surface area contributed by atoms with Crippen LogP contribution in [0.25, 0.3) is 0 Å². The van der Waals surface area contributed by atoms with Crippen molar-refractivity contribution in [3.63, 3.8) is 0 Å². The van der Waals surface area contributed by atoms with E-state index in [0.717, 1.165) is 19.4 Å². The van der Waals surface area contributed by atoms with Crippen molar-refractivity contribution in [2.24, 2.45) is 5.92 Å². The molecule has 2 aliphatic rings. The molecule has 1 N–H and O–H groups in total. The average Bonchev–Trinajstić information content (AvgIpc) is 2.62. The van der Waals surface area contributed by atoms with Crippen LogP contribution in [0.4, 0.5) is 0 Å². The molecule has 4 heteroatoms. The molecule has 2 saturated heterocycles. The molecule has 0 aromatic heterocycles. The van der Waals surface area contributed by atoms with E-state index in [9.17, 15) is 4.79 Å². The molecule has 1 aromatic rings. The number of hydrogen-bond donors (Lipinski definition) is 1. The Kier molecular flexibility index (Phi) is 6.06. The molecule has 0 unspecified atom stereocenters. The van der Waals surface area contributed by atoms with Crippen LogP contribution in [-0.4, -0.2) is 37.1 Å². The van der Waals surface area contributed by atoms with Gasteiger partial charge in [-0.15, -0.1) is 0 Å². The number of amides is 1. The van der Waals surface area contributed by atoms with Crippen molar-refractivity contribution in [2.45, 2.75) is 45.2 Å². The summed E-state index contributed by atoms with van der Waals surface area (Å²) in [6, 6.07) is 8.68. The van der Waals surface area contributed by atoms with Crippen molar-refractivity contribution in [1.82, 2.24) is 10.2 Å². The maximum atomic E-state index is 12.1. The Hall–Kier alpha value is -1.39. The van der Waals surface area contributed by atoms with Gasteiger partial charge in [0.15, 0.2) is 0 Å². The van der Waals surface area contributed by atoms with E-state index in [0.29, 0.717) is 19.8 Å². The van der Waals surface area contributed by atoms with E-state index in [1.165, 1.54) is 43.5 Å². The fraction of sp³-hybridized carbons (Fsp3) is 0.632. The van der Waals surface area contributed by atoms with Crippen LogP contribution in [0.2, 0.25) is 0 Å². The normalized spacial score (nSPS) is 20.3. The molecule has 3 rings (SSSR count). The van der Waals surface area contributed by atoms with Gasteiger partial charge in [0.1, 0.15) is 0 Å². The van der Waals surface area contributed by atoms with Crippen molar-refractivity contribution in [3.8, 4) is 0 Å². The quantitative estimate of drug-likeness (QED) is 0.908. The SMILES string of the molecule is O=C(NCc1ccc(CN2CCCCC2)cc1)C1CCOCC1. The second-order valence-corrected chi connectivity index (χ2v) is 6.76. The fourth-order valence-corrected chi connectivity index (χ4v) is 3.43. The number of nitrogens with zero attached hydrogens (tertiary/aromatic N) is 1. The van der Waals surface area contributed by atoms with Crippen LogP contribution in [0.15, 0.2) is 24.3 Å². The van der Waals surface area contributed by atoms with Crippen LogP contribution in [0.3, 0.4) is 0 Å². The lowest BCUT2D eigenvalue weighted by atomic mass is 9.99. The van der Waals surface area contributed by atoms with Gasteiger partial charge in [-0.3, -0.25) is 9.69 Å². The summed E-state index contributed by atoms with van der Waals surface area (Å²) < 4.78 is 5.30. The smallest absolute Gasteiger partial charge is 0.223 e. The van der Waals surface area contributed by atoms with E-state index in [1.807, 2.05) is 0 Å².